The maximum absolute atomic E-state index is 12.3. The Morgan fingerprint density at radius 2 is 1.89 bits per heavy atom. The molecule has 19 heavy (non-hydrogen) atoms. The molecular weight excluding hydrogens is 242 g/mol. The standard InChI is InChI=1S/C15H25NO3/c1-15(2,3)19-14(18)11-8-9-6-4-5-7-10(9)12(16)13(11)17/h9-12H,4-8,16H2,1-3H3. The Labute approximate surface area is 115 Å². The molecule has 0 aromatic heterocycles. The van der Waals surface area contributed by atoms with Crippen LogP contribution in [0.15, 0.2) is 0 Å². The fourth-order valence-electron chi connectivity index (χ4n) is 3.45. The van der Waals surface area contributed by atoms with Gasteiger partial charge < -0.3 is 10.5 Å². The van der Waals surface area contributed by atoms with E-state index in [0.29, 0.717) is 12.3 Å². The summed E-state index contributed by atoms with van der Waals surface area (Å²) in [5.74, 6) is -0.457. The normalized spacial score (nSPS) is 35.7. The lowest BCUT2D eigenvalue weighted by atomic mass is 9.65. The smallest absolute Gasteiger partial charge is 0.317 e. The molecule has 0 aromatic carbocycles. The highest BCUT2D eigenvalue weighted by atomic mass is 16.6. The number of fused-ring (bicyclic) bond motifs is 1. The second-order valence-electron chi connectivity index (χ2n) is 6.96. The zero-order valence-electron chi connectivity index (χ0n) is 12.1. The van der Waals surface area contributed by atoms with Crippen molar-refractivity contribution in [1.82, 2.24) is 0 Å². The first-order valence-electron chi connectivity index (χ1n) is 7.32. The van der Waals surface area contributed by atoms with Gasteiger partial charge in [-0.25, -0.2) is 0 Å². The molecule has 2 saturated carbocycles. The highest BCUT2D eigenvalue weighted by Crippen LogP contribution is 2.41. The van der Waals surface area contributed by atoms with Gasteiger partial charge >= 0.3 is 5.97 Å². The molecule has 4 nitrogen and oxygen atoms in total. The van der Waals surface area contributed by atoms with E-state index >= 15 is 0 Å². The minimum absolute atomic E-state index is 0.114. The third-order valence-corrected chi connectivity index (χ3v) is 4.33. The molecule has 0 aliphatic heterocycles. The van der Waals surface area contributed by atoms with E-state index in [9.17, 15) is 9.59 Å². The van der Waals surface area contributed by atoms with Crippen molar-refractivity contribution in [3.8, 4) is 0 Å². The summed E-state index contributed by atoms with van der Waals surface area (Å²) >= 11 is 0. The van der Waals surface area contributed by atoms with Crippen molar-refractivity contribution >= 4 is 11.8 Å². The molecule has 0 bridgehead atoms. The van der Waals surface area contributed by atoms with Crippen LogP contribution < -0.4 is 5.73 Å². The molecule has 2 N–H and O–H groups in total. The van der Waals surface area contributed by atoms with Gasteiger partial charge in [0, 0.05) is 0 Å². The number of Topliss-reactive ketones (excluding diaryl/α,β-unsaturated/α-hetero) is 1. The predicted molar refractivity (Wildman–Crippen MR) is 72.4 cm³/mol. The molecule has 0 aromatic rings. The number of carbonyl (C=O) groups excluding carboxylic acids is 2. The first kappa shape index (κ1) is 14.5. The van der Waals surface area contributed by atoms with Crippen LogP contribution in [0.25, 0.3) is 0 Å². The number of hydrogen-bond acceptors (Lipinski definition) is 4. The molecule has 4 heteroatoms. The van der Waals surface area contributed by atoms with E-state index < -0.39 is 23.5 Å². The van der Waals surface area contributed by atoms with Gasteiger partial charge in [0.1, 0.15) is 11.5 Å². The number of esters is 1. The van der Waals surface area contributed by atoms with Gasteiger partial charge in [0.25, 0.3) is 0 Å². The number of nitrogens with two attached hydrogens (primary N) is 1. The summed E-state index contributed by atoms with van der Waals surface area (Å²) in [5.41, 5.74) is 5.52. The van der Waals surface area contributed by atoms with Gasteiger partial charge in [-0.05, 0) is 45.4 Å². The highest BCUT2D eigenvalue weighted by Gasteiger charge is 2.46. The van der Waals surface area contributed by atoms with E-state index in [2.05, 4.69) is 0 Å². The van der Waals surface area contributed by atoms with Crippen LogP contribution in [0.5, 0.6) is 0 Å². The molecule has 2 rings (SSSR count). The second-order valence-corrected chi connectivity index (χ2v) is 6.96. The molecule has 2 aliphatic rings. The zero-order chi connectivity index (χ0) is 14.2. The van der Waals surface area contributed by atoms with Crippen LogP contribution in [0.4, 0.5) is 0 Å². The van der Waals surface area contributed by atoms with E-state index in [4.69, 9.17) is 10.5 Å². The van der Waals surface area contributed by atoms with E-state index in [0.717, 1.165) is 19.3 Å². The lowest BCUT2D eigenvalue weighted by Crippen LogP contribution is -2.53. The Morgan fingerprint density at radius 3 is 2.53 bits per heavy atom. The first-order chi connectivity index (χ1) is 8.79. The lowest BCUT2D eigenvalue weighted by Gasteiger charge is -2.41. The molecule has 2 aliphatic carbocycles. The molecule has 0 saturated heterocycles. The maximum Gasteiger partial charge on any atom is 0.317 e. The van der Waals surface area contributed by atoms with Crippen molar-refractivity contribution in [2.45, 2.75) is 64.5 Å². The average molecular weight is 267 g/mol. The molecule has 4 atom stereocenters. The first-order valence-corrected chi connectivity index (χ1v) is 7.32. The SMILES string of the molecule is CC(C)(C)OC(=O)C1CC2CCCCC2C(N)C1=O. The monoisotopic (exact) mass is 267 g/mol. The molecule has 0 amide bonds. The van der Waals surface area contributed by atoms with Crippen LogP contribution >= 0.6 is 0 Å². The number of ether oxygens (including phenoxy) is 1. The molecule has 2 fully saturated rings. The van der Waals surface area contributed by atoms with Crippen molar-refractivity contribution in [1.29, 1.82) is 0 Å². The van der Waals surface area contributed by atoms with Crippen molar-refractivity contribution in [2.75, 3.05) is 0 Å². The van der Waals surface area contributed by atoms with Crippen LogP contribution in [-0.4, -0.2) is 23.4 Å². The fraction of sp³-hybridized carbons (Fsp3) is 0.867. The van der Waals surface area contributed by atoms with Gasteiger partial charge in [-0.1, -0.05) is 19.3 Å². The van der Waals surface area contributed by atoms with Gasteiger partial charge in [0.05, 0.1) is 6.04 Å². The van der Waals surface area contributed by atoms with Gasteiger partial charge in [-0.15, -0.1) is 0 Å². The van der Waals surface area contributed by atoms with E-state index in [1.165, 1.54) is 6.42 Å². The molecular formula is C15H25NO3. The number of ketones is 1. The third-order valence-electron chi connectivity index (χ3n) is 4.33. The van der Waals surface area contributed by atoms with Crippen molar-refractivity contribution in [3.63, 3.8) is 0 Å². The minimum atomic E-state index is -0.645. The summed E-state index contributed by atoms with van der Waals surface area (Å²) in [5, 5.41) is 0. The van der Waals surface area contributed by atoms with E-state index in [1.54, 1.807) is 0 Å². The van der Waals surface area contributed by atoms with Gasteiger partial charge in [-0.3, -0.25) is 9.59 Å². The maximum atomic E-state index is 12.3. The van der Waals surface area contributed by atoms with Crippen LogP contribution in [-0.2, 0) is 14.3 Å². The summed E-state index contributed by atoms with van der Waals surface area (Å²) in [7, 11) is 0. The Kier molecular flexibility index (Phi) is 4.00. The van der Waals surface area contributed by atoms with Gasteiger partial charge in [0.2, 0.25) is 0 Å². The van der Waals surface area contributed by atoms with Gasteiger partial charge in [-0.2, -0.15) is 0 Å². The van der Waals surface area contributed by atoms with Crippen LogP contribution in [0.1, 0.15) is 52.9 Å². The second kappa shape index (κ2) is 5.23. The van der Waals surface area contributed by atoms with Crippen molar-refractivity contribution < 1.29 is 14.3 Å². The Hall–Kier alpha value is -0.900. The fourth-order valence-corrected chi connectivity index (χ4v) is 3.45. The number of hydrogen-bond donors (Lipinski definition) is 1. The summed E-state index contributed by atoms with van der Waals surface area (Å²) < 4.78 is 5.36. The average Bonchev–Trinajstić information content (AvgIpc) is 2.31. The quantitative estimate of drug-likeness (QED) is 0.583. The third kappa shape index (κ3) is 3.16. The largest absolute Gasteiger partial charge is 0.459 e. The lowest BCUT2D eigenvalue weighted by molar-refractivity contribution is -0.165. The number of carbonyl (C=O) groups is 2. The summed E-state index contributed by atoms with van der Waals surface area (Å²) in [6, 6.07) is -0.475. The van der Waals surface area contributed by atoms with Gasteiger partial charge in [0.15, 0.2) is 5.78 Å². The topological polar surface area (TPSA) is 69.4 Å². The molecule has 0 radical (unpaired) electrons. The Bertz CT molecular complexity index is 372. The summed E-state index contributed by atoms with van der Waals surface area (Å²) in [4.78, 5) is 24.4. The summed E-state index contributed by atoms with van der Waals surface area (Å²) in [6.45, 7) is 5.46. The van der Waals surface area contributed by atoms with E-state index in [1.807, 2.05) is 20.8 Å². The summed E-state index contributed by atoms with van der Waals surface area (Å²) in [6.07, 6.45) is 5.08. The van der Waals surface area contributed by atoms with Crippen LogP contribution in [0, 0.1) is 17.8 Å². The Balaban J connectivity index is 2.09. The zero-order valence-corrected chi connectivity index (χ0v) is 12.1. The molecule has 108 valence electrons. The molecule has 0 heterocycles. The van der Waals surface area contributed by atoms with Crippen LogP contribution in [0.3, 0.4) is 0 Å². The van der Waals surface area contributed by atoms with Crippen LogP contribution in [0.2, 0.25) is 0 Å². The molecule has 0 spiro atoms. The molecule has 4 unspecified atom stereocenters. The van der Waals surface area contributed by atoms with Crippen molar-refractivity contribution in [2.24, 2.45) is 23.5 Å². The van der Waals surface area contributed by atoms with Crippen molar-refractivity contribution in [3.05, 3.63) is 0 Å². The highest BCUT2D eigenvalue weighted by molar-refractivity contribution is 6.02. The number of rotatable bonds is 1. The Morgan fingerprint density at radius 1 is 1.26 bits per heavy atom. The minimum Gasteiger partial charge on any atom is -0.459 e. The predicted octanol–water partition coefficient (Wildman–Crippen LogP) is 2.05. The van der Waals surface area contributed by atoms with E-state index in [-0.39, 0.29) is 11.7 Å².